The van der Waals surface area contributed by atoms with Gasteiger partial charge in [0.2, 0.25) is 0 Å². The SMILES string of the molecule is CCCCCC(=O)C1OC(SCCN(C)C)=NN1C(=O)NC1CCCCC1. The molecule has 0 bridgehead atoms. The molecule has 2 aliphatic rings. The van der Waals surface area contributed by atoms with E-state index in [2.05, 4.69) is 22.2 Å². The number of ketones is 1. The van der Waals surface area contributed by atoms with Gasteiger partial charge in [-0.05, 0) is 33.4 Å². The Hall–Kier alpha value is -1.28. The van der Waals surface area contributed by atoms with E-state index in [0.29, 0.717) is 11.7 Å². The molecule has 1 unspecified atom stereocenters. The maximum Gasteiger partial charge on any atom is 0.341 e. The van der Waals surface area contributed by atoms with E-state index in [-0.39, 0.29) is 17.9 Å². The van der Waals surface area contributed by atoms with Gasteiger partial charge in [-0.1, -0.05) is 50.8 Å². The standard InChI is InChI=1S/C19H34N4O3S/c1-4-5-7-12-16(24)17-23(18(25)20-15-10-8-6-9-11-15)21-19(26-17)27-14-13-22(2)3/h15,17H,4-14H2,1-3H3,(H,20,25). The van der Waals surface area contributed by atoms with Gasteiger partial charge in [0.05, 0.1) is 0 Å². The lowest BCUT2D eigenvalue weighted by molar-refractivity contribution is -0.131. The number of nitrogens with one attached hydrogen (secondary N) is 1. The summed E-state index contributed by atoms with van der Waals surface area (Å²) in [6.45, 7) is 2.97. The molecule has 2 rings (SSSR count). The van der Waals surface area contributed by atoms with Crippen molar-refractivity contribution in [2.24, 2.45) is 5.10 Å². The summed E-state index contributed by atoms with van der Waals surface area (Å²) in [6.07, 6.45) is 7.83. The van der Waals surface area contributed by atoms with Gasteiger partial charge >= 0.3 is 6.03 Å². The molecule has 0 spiro atoms. The fourth-order valence-corrected chi connectivity index (χ4v) is 4.14. The number of Topliss-reactive ketones (excluding diaryl/α,β-unsaturated/α-hetero) is 1. The molecule has 0 aromatic carbocycles. The van der Waals surface area contributed by atoms with Gasteiger partial charge in [-0.3, -0.25) is 4.79 Å². The quantitative estimate of drug-likeness (QED) is 0.603. The van der Waals surface area contributed by atoms with Gasteiger partial charge in [0.1, 0.15) is 0 Å². The van der Waals surface area contributed by atoms with Crippen molar-refractivity contribution in [2.75, 3.05) is 26.4 Å². The number of carbonyl (C=O) groups is 2. The molecule has 1 aliphatic heterocycles. The Bertz CT molecular complexity index is 521. The zero-order valence-corrected chi connectivity index (χ0v) is 17.7. The van der Waals surface area contributed by atoms with Crippen LogP contribution in [0.4, 0.5) is 4.79 Å². The van der Waals surface area contributed by atoms with Crippen LogP contribution in [0.2, 0.25) is 0 Å². The third-order valence-corrected chi connectivity index (χ3v) is 5.64. The Balaban J connectivity index is 1.97. The molecule has 2 amide bonds. The van der Waals surface area contributed by atoms with Gasteiger partial charge in [-0.15, -0.1) is 5.10 Å². The molecule has 0 saturated heterocycles. The summed E-state index contributed by atoms with van der Waals surface area (Å²) in [4.78, 5) is 27.4. The Morgan fingerprint density at radius 1 is 1.26 bits per heavy atom. The van der Waals surface area contributed by atoms with Crippen molar-refractivity contribution in [2.45, 2.75) is 77.0 Å². The molecule has 0 aromatic heterocycles. The Morgan fingerprint density at radius 3 is 2.67 bits per heavy atom. The summed E-state index contributed by atoms with van der Waals surface area (Å²) < 4.78 is 5.77. The lowest BCUT2D eigenvalue weighted by Crippen LogP contribution is -2.48. The predicted molar refractivity (Wildman–Crippen MR) is 110 cm³/mol. The van der Waals surface area contributed by atoms with Crippen molar-refractivity contribution < 1.29 is 14.3 Å². The number of hydrazone groups is 1. The molecule has 1 atom stereocenters. The average Bonchev–Trinajstić information content (AvgIpc) is 3.07. The van der Waals surface area contributed by atoms with Gasteiger partial charge in [-0.25, -0.2) is 4.79 Å². The van der Waals surface area contributed by atoms with Crippen LogP contribution in [-0.4, -0.2) is 65.6 Å². The first kappa shape index (κ1) is 22.0. The number of carbonyl (C=O) groups excluding carboxylic acids is 2. The van der Waals surface area contributed by atoms with Crippen LogP contribution in [-0.2, 0) is 9.53 Å². The minimum atomic E-state index is -0.924. The fourth-order valence-electron chi connectivity index (χ4n) is 3.20. The lowest BCUT2D eigenvalue weighted by atomic mass is 9.96. The Labute approximate surface area is 167 Å². The highest BCUT2D eigenvalue weighted by Gasteiger charge is 2.38. The summed E-state index contributed by atoms with van der Waals surface area (Å²) in [6, 6.07) is -0.151. The minimum absolute atomic E-state index is 0.0748. The maximum atomic E-state index is 12.7. The van der Waals surface area contributed by atoms with Crippen LogP contribution >= 0.6 is 11.8 Å². The van der Waals surface area contributed by atoms with Gasteiger partial charge in [0.15, 0.2) is 5.78 Å². The summed E-state index contributed by atoms with van der Waals surface area (Å²) in [5.41, 5.74) is 0. The second kappa shape index (κ2) is 11.5. The predicted octanol–water partition coefficient (Wildman–Crippen LogP) is 3.40. The summed E-state index contributed by atoms with van der Waals surface area (Å²) >= 11 is 1.44. The van der Waals surface area contributed by atoms with Crippen molar-refractivity contribution in [3.63, 3.8) is 0 Å². The highest BCUT2D eigenvalue weighted by atomic mass is 32.2. The first-order valence-corrected chi connectivity index (χ1v) is 11.1. The normalized spacial score (nSPS) is 20.5. The maximum absolute atomic E-state index is 12.7. The lowest BCUT2D eigenvalue weighted by Gasteiger charge is -2.26. The van der Waals surface area contributed by atoms with E-state index < -0.39 is 6.23 Å². The number of rotatable bonds is 9. The number of hydrogen-bond acceptors (Lipinski definition) is 6. The number of amides is 2. The van der Waals surface area contributed by atoms with Gasteiger partial charge < -0.3 is 15.0 Å². The number of unbranched alkanes of at least 4 members (excludes halogenated alkanes) is 2. The molecule has 7 nitrogen and oxygen atoms in total. The van der Waals surface area contributed by atoms with E-state index in [1.54, 1.807) is 0 Å². The zero-order chi connectivity index (χ0) is 19.6. The fraction of sp³-hybridized carbons (Fsp3) is 0.842. The van der Waals surface area contributed by atoms with Crippen LogP contribution in [0.3, 0.4) is 0 Å². The molecule has 27 heavy (non-hydrogen) atoms. The molecule has 1 heterocycles. The summed E-state index contributed by atoms with van der Waals surface area (Å²) in [7, 11) is 4.00. The number of urea groups is 1. The average molecular weight is 399 g/mol. The Kier molecular flexibility index (Phi) is 9.41. The highest BCUT2D eigenvalue weighted by molar-refractivity contribution is 8.13. The molecular weight excluding hydrogens is 364 g/mol. The largest absolute Gasteiger partial charge is 0.438 e. The summed E-state index contributed by atoms with van der Waals surface area (Å²) in [5, 5.41) is 8.99. The van der Waals surface area contributed by atoms with Crippen LogP contribution < -0.4 is 5.32 Å². The molecular formula is C19H34N4O3S. The third kappa shape index (κ3) is 7.33. The van der Waals surface area contributed by atoms with Crippen molar-refractivity contribution in [3.05, 3.63) is 0 Å². The number of hydrogen-bond donors (Lipinski definition) is 1. The van der Waals surface area contributed by atoms with Crippen LogP contribution in [0.1, 0.15) is 64.7 Å². The van der Waals surface area contributed by atoms with Crippen LogP contribution in [0.15, 0.2) is 5.10 Å². The van der Waals surface area contributed by atoms with E-state index in [1.165, 1.54) is 23.2 Å². The number of thioether (sulfide) groups is 1. The molecule has 154 valence electrons. The van der Waals surface area contributed by atoms with Crippen molar-refractivity contribution >= 4 is 28.8 Å². The first-order chi connectivity index (χ1) is 13.0. The third-order valence-electron chi connectivity index (χ3n) is 4.83. The molecule has 1 saturated carbocycles. The van der Waals surface area contributed by atoms with E-state index in [1.807, 2.05) is 14.1 Å². The van der Waals surface area contributed by atoms with Gasteiger partial charge in [-0.2, -0.15) is 5.01 Å². The Morgan fingerprint density at radius 2 is 2.00 bits per heavy atom. The molecule has 8 heteroatoms. The smallest absolute Gasteiger partial charge is 0.341 e. The first-order valence-electron chi connectivity index (χ1n) is 10.2. The van der Waals surface area contributed by atoms with Gasteiger partial charge in [0, 0.05) is 24.8 Å². The zero-order valence-electron chi connectivity index (χ0n) is 16.9. The molecule has 0 radical (unpaired) electrons. The van der Waals surface area contributed by atoms with Crippen molar-refractivity contribution in [1.82, 2.24) is 15.2 Å². The van der Waals surface area contributed by atoms with Gasteiger partial charge in [0.25, 0.3) is 11.5 Å². The van der Waals surface area contributed by atoms with Crippen LogP contribution in [0.5, 0.6) is 0 Å². The topological polar surface area (TPSA) is 74.2 Å². The van der Waals surface area contributed by atoms with E-state index in [0.717, 1.165) is 57.2 Å². The van der Waals surface area contributed by atoms with E-state index in [9.17, 15) is 9.59 Å². The molecule has 1 aliphatic carbocycles. The monoisotopic (exact) mass is 398 g/mol. The minimum Gasteiger partial charge on any atom is -0.438 e. The molecule has 1 fully saturated rings. The summed E-state index contributed by atoms with van der Waals surface area (Å²) in [5.74, 6) is 0.718. The van der Waals surface area contributed by atoms with E-state index in [4.69, 9.17) is 4.74 Å². The van der Waals surface area contributed by atoms with Crippen LogP contribution in [0.25, 0.3) is 0 Å². The highest BCUT2D eigenvalue weighted by Crippen LogP contribution is 2.23. The van der Waals surface area contributed by atoms with Crippen molar-refractivity contribution in [1.29, 1.82) is 0 Å². The molecule has 1 N–H and O–H groups in total. The number of ether oxygens (including phenoxy) is 1. The van der Waals surface area contributed by atoms with E-state index >= 15 is 0 Å². The van der Waals surface area contributed by atoms with Crippen molar-refractivity contribution in [3.8, 4) is 0 Å². The van der Waals surface area contributed by atoms with Crippen LogP contribution in [0, 0.1) is 0 Å². The second-order valence-corrected chi connectivity index (χ2v) is 8.59. The molecule has 0 aromatic rings. The second-order valence-electron chi connectivity index (χ2n) is 7.54. The number of nitrogens with zero attached hydrogens (tertiary/aromatic N) is 3.